The quantitative estimate of drug-likeness (QED) is 0.0447. The molecule has 1 aliphatic heterocycles. The maximum atomic E-state index is 13.7. The molecular weight excluding hydrogens is 737 g/mol. The monoisotopic (exact) mass is 790 g/mol. The third-order valence-electron chi connectivity index (χ3n) is 7.19. The topological polar surface area (TPSA) is 230 Å². The standard InChI is InChI=1S/C36H54N8O10S/c1-11-13-15-50-23-17-25(37-19-24(23)51-16-14-12-2)41-31(48)38-18-21-26(28(45)39-21)42-29(46)27(44-54-36(9,10)30(47)52-34(3,4)5)22-20-55-32(40-22)43-33(49)53-35(6,7)8/h17,19-21,26H,11-16,18H2,1-10H3,(H,39,45)(H,42,46)(H,40,43,49)(H2,37,38,41,48)/b44-27-/t21-,26+/m1/s1. The van der Waals surface area contributed by atoms with Crippen molar-refractivity contribution in [3.05, 3.63) is 23.3 Å². The van der Waals surface area contributed by atoms with Crippen LogP contribution < -0.4 is 36.1 Å². The molecule has 2 aromatic heterocycles. The van der Waals surface area contributed by atoms with Crippen LogP contribution in [0.2, 0.25) is 0 Å². The highest BCUT2D eigenvalue weighted by Gasteiger charge is 2.42. The van der Waals surface area contributed by atoms with Crippen LogP contribution in [-0.2, 0) is 28.7 Å². The van der Waals surface area contributed by atoms with Crippen LogP contribution in [0.25, 0.3) is 0 Å². The fraction of sp³-hybridized carbons (Fsp3) is 0.611. The number of anilines is 2. The minimum Gasteiger partial charge on any atom is -0.489 e. The van der Waals surface area contributed by atoms with Gasteiger partial charge in [-0.2, -0.15) is 0 Å². The third-order valence-corrected chi connectivity index (χ3v) is 7.95. The molecular formula is C36H54N8O10S. The minimum atomic E-state index is -1.64. The molecule has 5 N–H and O–H groups in total. The summed E-state index contributed by atoms with van der Waals surface area (Å²) in [6, 6.07) is -0.848. The summed E-state index contributed by atoms with van der Waals surface area (Å²) in [6.45, 7) is 18.0. The molecule has 18 nitrogen and oxygen atoms in total. The van der Waals surface area contributed by atoms with Gasteiger partial charge in [0.25, 0.3) is 5.91 Å². The minimum absolute atomic E-state index is 0.0327. The number of carbonyl (C=O) groups is 5. The number of urea groups is 1. The Kier molecular flexibility index (Phi) is 15.6. The lowest BCUT2D eigenvalue weighted by molar-refractivity contribution is -0.179. The summed E-state index contributed by atoms with van der Waals surface area (Å²) in [4.78, 5) is 78.4. The summed E-state index contributed by atoms with van der Waals surface area (Å²) >= 11 is 0.975. The molecule has 0 bridgehead atoms. The molecule has 2 atom stereocenters. The Bertz CT molecular complexity index is 1700. The molecule has 55 heavy (non-hydrogen) atoms. The van der Waals surface area contributed by atoms with Gasteiger partial charge in [0.2, 0.25) is 11.5 Å². The van der Waals surface area contributed by atoms with Crippen molar-refractivity contribution in [3.8, 4) is 11.5 Å². The van der Waals surface area contributed by atoms with E-state index in [1.54, 1.807) is 47.6 Å². The number of rotatable bonds is 18. The number of β-lactam (4-membered cyclic amide) rings is 1. The molecule has 19 heteroatoms. The van der Waals surface area contributed by atoms with Crippen molar-refractivity contribution in [2.75, 3.05) is 30.4 Å². The van der Waals surface area contributed by atoms with Gasteiger partial charge in [-0.1, -0.05) is 31.8 Å². The van der Waals surface area contributed by atoms with Crippen molar-refractivity contribution in [1.82, 2.24) is 25.9 Å². The number of nitrogens with zero attached hydrogens (tertiary/aromatic N) is 3. The molecule has 1 fully saturated rings. The van der Waals surface area contributed by atoms with E-state index in [4.69, 9.17) is 23.8 Å². The van der Waals surface area contributed by atoms with Gasteiger partial charge >= 0.3 is 18.1 Å². The van der Waals surface area contributed by atoms with Gasteiger partial charge in [-0.15, -0.1) is 11.3 Å². The largest absolute Gasteiger partial charge is 0.489 e. The van der Waals surface area contributed by atoms with Crippen molar-refractivity contribution >= 4 is 57.9 Å². The predicted octanol–water partition coefficient (Wildman–Crippen LogP) is 4.89. The van der Waals surface area contributed by atoms with E-state index in [1.807, 2.05) is 6.92 Å². The number of unbranched alkanes of at least 4 members (excludes halogenated alkanes) is 2. The molecule has 3 heterocycles. The van der Waals surface area contributed by atoms with Crippen LogP contribution in [0.1, 0.15) is 101 Å². The lowest BCUT2D eigenvalue weighted by atomic mass is 9.98. The zero-order valence-corrected chi connectivity index (χ0v) is 34.0. The molecule has 0 unspecified atom stereocenters. The molecule has 1 aliphatic rings. The Morgan fingerprint density at radius 3 is 2.15 bits per heavy atom. The number of amides is 5. The number of thiazole rings is 1. The van der Waals surface area contributed by atoms with E-state index >= 15 is 0 Å². The second kappa shape index (κ2) is 19.4. The highest BCUT2D eigenvalue weighted by atomic mass is 32.1. The molecule has 0 spiro atoms. The summed E-state index contributed by atoms with van der Waals surface area (Å²) in [6.07, 6.45) is 4.32. The summed E-state index contributed by atoms with van der Waals surface area (Å²) in [5.74, 6) is -1.01. The van der Waals surface area contributed by atoms with Gasteiger partial charge in [-0.3, -0.25) is 20.2 Å². The zero-order valence-electron chi connectivity index (χ0n) is 33.2. The summed E-state index contributed by atoms with van der Waals surface area (Å²) in [7, 11) is 0. The van der Waals surface area contributed by atoms with E-state index in [0.29, 0.717) is 24.7 Å². The second-order valence-corrected chi connectivity index (χ2v) is 15.9. The van der Waals surface area contributed by atoms with E-state index in [0.717, 1.165) is 37.0 Å². The zero-order chi connectivity index (χ0) is 41.0. The molecule has 0 aromatic carbocycles. The van der Waals surface area contributed by atoms with Crippen molar-refractivity contribution in [2.45, 2.75) is 124 Å². The molecule has 0 radical (unpaired) electrons. The van der Waals surface area contributed by atoms with Gasteiger partial charge in [0.1, 0.15) is 28.8 Å². The van der Waals surface area contributed by atoms with Crippen LogP contribution in [0.5, 0.6) is 11.5 Å². The molecule has 0 saturated carbocycles. The van der Waals surface area contributed by atoms with Crippen molar-refractivity contribution in [1.29, 1.82) is 0 Å². The molecule has 3 rings (SSSR count). The SMILES string of the molecule is CCCCOc1cnc(NC(=O)NC[C@H]2NC(=O)[C@H]2NC(=O)/C(=N\OC(C)(C)C(=O)OC(C)(C)C)c2csc(NC(=O)OC(C)(C)C)n2)cc1OCCCC. The van der Waals surface area contributed by atoms with Crippen LogP contribution in [0.4, 0.5) is 20.5 Å². The fourth-order valence-electron chi connectivity index (χ4n) is 4.35. The maximum absolute atomic E-state index is 13.7. The van der Waals surface area contributed by atoms with Gasteiger partial charge in [0.05, 0.1) is 25.5 Å². The Morgan fingerprint density at radius 1 is 0.909 bits per heavy atom. The lowest BCUT2D eigenvalue weighted by Gasteiger charge is -2.37. The fourth-order valence-corrected chi connectivity index (χ4v) is 5.03. The summed E-state index contributed by atoms with van der Waals surface area (Å²) in [5, 5.41) is 18.5. The number of ether oxygens (including phenoxy) is 4. The number of hydrogen-bond donors (Lipinski definition) is 5. The van der Waals surface area contributed by atoms with Gasteiger partial charge < -0.3 is 39.7 Å². The Balaban J connectivity index is 1.72. The highest BCUT2D eigenvalue weighted by Crippen LogP contribution is 2.29. The third kappa shape index (κ3) is 14.5. The van der Waals surface area contributed by atoms with Crippen molar-refractivity contribution in [3.63, 3.8) is 0 Å². The van der Waals surface area contributed by atoms with E-state index in [2.05, 4.69) is 48.6 Å². The highest BCUT2D eigenvalue weighted by molar-refractivity contribution is 7.14. The lowest BCUT2D eigenvalue weighted by Crippen LogP contribution is -2.72. The van der Waals surface area contributed by atoms with Crippen molar-refractivity contribution < 1.29 is 47.8 Å². The normalized spacial score (nSPS) is 15.8. The Hall–Kier alpha value is -5.20. The number of oxime groups is 1. The first kappa shape index (κ1) is 44.2. The van der Waals surface area contributed by atoms with Crippen molar-refractivity contribution in [2.24, 2.45) is 5.16 Å². The number of carbonyl (C=O) groups excluding carboxylic acids is 5. The Morgan fingerprint density at radius 2 is 1.55 bits per heavy atom. The second-order valence-electron chi connectivity index (χ2n) is 15.0. The number of esters is 1. The number of aromatic nitrogens is 2. The van der Waals surface area contributed by atoms with Crippen LogP contribution in [0, 0.1) is 0 Å². The van der Waals surface area contributed by atoms with E-state index < -0.39 is 64.5 Å². The van der Waals surface area contributed by atoms with Crippen LogP contribution >= 0.6 is 11.3 Å². The Labute approximate surface area is 325 Å². The van der Waals surface area contributed by atoms with Gasteiger partial charge in [0.15, 0.2) is 22.3 Å². The molecule has 2 aromatic rings. The average molecular weight is 791 g/mol. The molecule has 1 saturated heterocycles. The maximum Gasteiger partial charge on any atom is 0.413 e. The first-order chi connectivity index (χ1) is 25.7. The van der Waals surface area contributed by atoms with E-state index in [9.17, 15) is 24.0 Å². The van der Waals surface area contributed by atoms with Gasteiger partial charge in [0, 0.05) is 18.0 Å². The van der Waals surface area contributed by atoms with E-state index in [-0.39, 0.29) is 23.2 Å². The molecule has 304 valence electrons. The molecule has 5 amide bonds. The number of nitrogens with one attached hydrogen (secondary N) is 5. The van der Waals surface area contributed by atoms with Gasteiger partial charge in [-0.05, 0) is 68.2 Å². The van der Waals surface area contributed by atoms with Crippen LogP contribution in [0.3, 0.4) is 0 Å². The molecule has 0 aliphatic carbocycles. The number of pyridine rings is 1. The first-order valence-corrected chi connectivity index (χ1v) is 19.0. The first-order valence-electron chi connectivity index (χ1n) is 18.1. The summed E-state index contributed by atoms with van der Waals surface area (Å²) < 4.78 is 22.4. The average Bonchev–Trinajstić information content (AvgIpc) is 3.52. The van der Waals surface area contributed by atoms with E-state index in [1.165, 1.54) is 25.4 Å². The van der Waals surface area contributed by atoms with Crippen LogP contribution in [-0.4, -0.2) is 94.2 Å². The van der Waals surface area contributed by atoms with Crippen LogP contribution in [0.15, 0.2) is 22.8 Å². The number of hydrogen-bond acceptors (Lipinski definition) is 14. The van der Waals surface area contributed by atoms with Gasteiger partial charge in [-0.25, -0.2) is 24.4 Å². The summed E-state index contributed by atoms with van der Waals surface area (Å²) in [5.41, 5.74) is -3.68. The smallest absolute Gasteiger partial charge is 0.413 e. The predicted molar refractivity (Wildman–Crippen MR) is 205 cm³/mol.